The standard InChI is InChI=1S/C24H20F4O2/c1-2-17-8-11-19(12-9-17)21(24(26,27)28)16-29-15-18-10-13-22(25)23(14-18)30-20-6-4-3-5-7-20/h2-14,21H,1,15-16H2. The Balaban J connectivity index is 1.67. The smallest absolute Gasteiger partial charge is 0.397 e. The molecule has 3 aromatic carbocycles. The van der Waals surface area contributed by atoms with Crippen LogP contribution < -0.4 is 4.74 Å². The Morgan fingerprint density at radius 3 is 2.27 bits per heavy atom. The van der Waals surface area contributed by atoms with Crippen LogP contribution in [-0.4, -0.2) is 12.8 Å². The molecule has 1 unspecified atom stereocenters. The fourth-order valence-electron chi connectivity index (χ4n) is 2.87. The number of para-hydroxylation sites is 1. The minimum atomic E-state index is -4.46. The zero-order chi connectivity index (χ0) is 21.6. The summed E-state index contributed by atoms with van der Waals surface area (Å²) in [6.07, 6.45) is -2.90. The molecule has 0 aromatic heterocycles. The van der Waals surface area contributed by atoms with E-state index in [1.54, 1.807) is 48.5 Å². The van der Waals surface area contributed by atoms with Gasteiger partial charge in [0, 0.05) is 0 Å². The molecule has 0 saturated heterocycles. The van der Waals surface area contributed by atoms with E-state index >= 15 is 0 Å². The lowest BCUT2D eigenvalue weighted by atomic mass is 9.98. The van der Waals surface area contributed by atoms with Crippen LogP contribution in [0.2, 0.25) is 0 Å². The Morgan fingerprint density at radius 1 is 0.933 bits per heavy atom. The number of alkyl halides is 3. The predicted octanol–water partition coefficient (Wildman–Crippen LogP) is 7.12. The molecule has 1 atom stereocenters. The number of ether oxygens (including phenoxy) is 2. The summed E-state index contributed by atoms with van der Waals surface area (Å²) in [5.74, 6) is -1.90. The van der Waals surface area contributed by atoms with Crippen LogP contribution in [0.1, 0.15) is 22.6 Å². The Bertz CT molecular complexity index is 967. The Hall–Kier alpha value is -3.12. The summed E-state index contributed by atoms with van der Waals surface area (Å²) in [4.78, 5) is 0. The molecule has 0 saturated carbocycles. The third-order valence-electron chi connectivity index (χ3n) is 4.49. The van der Waals surface area contributed by atoms with E-state index in [9.17, 15) is 17.6 Å². The van der Waals surface area contributed by atoms with Crippen molar-refractivity contribution in [3.05, 3.63) is 102 Å². The first-order chi connectivity index (χ1) is 14.4. The minimum absolute atomic E-state index is 0.0188. The van der Waals surface area contributed by atoms with Gasteiger partial charge in [0.15, 0.2) is 11.6 Å². The van der Waals surface area contributed by atoms with Crippen LogP contribution in [0.15, 0.2) is 79.4 Å². The van der Waals surface area contributed by atoms with Gasteiger partial charge in [-0.1, -0.05) is 61.2 Å². The van der Waals surface area contributed by atoms with Crippen molar-refractivity contribution in [2.24, 2.45) is 0 Å². The summed E-state index contributed by atoms with van der Waals surface area (Å²) in [5, 5.41) is 0. The van der Waals surface area contributed by atoms with E-state index in [4.69, 9.17) is 9.47 Å². The lowest BCUT2D eigenvalue weighted by Gasteiger charge is -2.21. The van der Waals surface area contributed by atoms with Crippen LogP contribution in [0.5, 0.6) is 11.5 Å². The van der Waals surface area contributed by atoms with Gasteiger partial charge in [-0.25, -0.2) is 4.39 Å². The zero-order valence-electron chi connectivity index (χ0n) is 16.0. The van der Waals surface area contributed by atoms with Gasteiger partial charge in [-0.05, 0) is 41.0 Å². The number of halogens is 4. The molecular formula is C24H20F4O2. The fraction of sp³-hybridized carbons (Fsp3) is 0.167. The van der Waals surface area contributed by atoms with Gasteiger partial charge < -0.3 is 9.47 Å². The second kappa shape index (κ2) is 9.59. The van der Waals surface area contributed by atoms with Crippen LogP contribution in [0, 0.1) is 5.82 Å². The maximum atomic E-state index is 14.0. The topological polar surface area (TPSA) is 18.5 Å². The van der Waals surface area contributed by atoms with Gasteiger partial charge in [0.05, 0.1) is 13.2 Å². The van der Waals surface area contributed by atoms with Crippen molar-refractivity contribution in [2.45, 2.75) is 18.7 Å². The summed E-state index contributed by atoms with van der Waals surface area (Å²) in [6.45, 7) is 2.93. The van der Waals surface area contributed by atoms with Crippen LogP contribution in [0.25, 0.3) is 6.08 Å². The van der Waals surface area contributed by atoms with Gasteiger partial charge in [-0.15, -0.1) is 0 Å². The van der Waals surface area contributed by atoms with Gasteiger partial charge >= 0.3 is 6.18 Å². The molecule has 30 heavy (non-hydrogen) atoms. The molecule has 3 rings (SSSR count). The van der Waals surface area contributed by atoms with E-state index in [2.05, 4.69) is 6.58 Å². The summed E-state index contributed by atoms with van der Waals surface area (Å²) in [7, 11) is 0. The van der Waals surface area contributed by atoms with E-state index in [-0.39, 0.29) is 17.9 Å². The van der Waals surface area contributed by atoms with E-state index < -0.39 is 24.5 Å². The lowest BCUT2D eigenvalue weighted by molar-refractivity contribution is -0.163. The van der Waals surface area contributed by atoms with Crippen molar-refractivity contribution < 1.29 is 27.0 Å². The molecule has 0 fully saturated rings. The molecular weight excluding hydrogens is 396 g/mol. The maximum absolute atomic E-state index is 14.0. The largest absolute Gasteiger partial charge is 0.454 e. The van der Waals surface area contributed by atoms with Gasteiger partial charge in [0.1, 0.15) is 11.7 Å². The van der Waals surface area contributed by atoms with Crippen molar-refractivity contribution in [1.82, 2.24) is 0 Å². The highest BCUT2D eigenvalue weighted by Gasteiger charge is 2.40. The molecule has 0 amide bonds. The summed E-state index contributed by atoms with van der Waals surface area (Å²) in [6, 6.07) is 18.7. The van der Waals surface area contributed by atoms with E-state index in [1.807, 2.05) is 0 Å². The van der Waals surface area contributed by atoms with Gasteiger partial charge in [-0.3, -0.25) is 0 Å². The molecule has 0 N–H and O–H groups in total. The first kappa shape index (κ1) is 21.6. The van der Waals surface area contributed by atoms with Crippen molar-refractivity contribution in [3.8, 4) is 11.5 Å². The van der Waals surface area contributed by atoms with Gasteiger partial charge in [0.25, 0.3) is 0 Å². The third-order valence-corrected chi connectivity index (χ3v) is 4.49. The minimum Gasteiger partial charge on any atom is -0.454 e. The van der Waals surface area contributed by atoms with E-state index in [0.717, 1.165) is 5.56 Å². The number of rotatable bonds is 8. The SMILES string of the molecule is C=Cc1ccc(C(COCc2ccc(F)c(Oc3ccccc3)c2)C(F)(F)F)cc1. The molecule has 2 nitrogen and oxygen atoms in total. The van der Waals surface area contributed by atoms with Crippen molar-refractivity contribution >= 4 is 6.08 Å². The monoisotopic (exact) mass is 416 g/mol. The molecule has 0 bridgehead atoms. The van der Waals surface area contributed by atoms with Crippen LogP contribution in [-0.2, 0) is 11.3 Å². The van der Waals surface area contributed by atoms with Crippen molar-refractivity contribution in [1.29, 1.82) is 0 Å². The summed E-state index contributed by atoms with van der Waals surface area (Å²) < 4.78 is 65.4. The van der Waals surface area contributed by atoms with Crippen LogP contribution in [0.3, 0.4) is 0 Å². The molecule has 0 aliphatic carbocycles. The number of hydrogen-bond donors (Lipinski definition) is 0. The predicted molar refractivity (Wildman–Crippen MR) is 108 cm³/mol. The zero-order valence-corrected chi connectivity index (χ0v) is 16.0. The lowest BCUT2D eigenvalue weighted by Crippen LogP contribution is -2.25. The summed E-state index contributed by atoms with van der Waals surface area (Å²) in [5.41, 5.74) is 1.35. The molecule has 156 valence electrons. The quantitative estimate of drug-likeness (QED) is 0.364. The van der Waals surface area contributed by atoms with Gasteiger partial charge in [-0.2, -0.15) is 13.2 Å². The maximum Gasteiger partial charge on any atom is 0.397 e. The van der Waals surface area contributed by atoms with E-state index in [0.29, 0.717) is 11.3 Å². The molecule has 0 aliphatic rings. The second-order valence-corrected chi connectivity index (χ2v) is 6.66. The highest BCUT2D eigenvalue weighted by molar-refractivity contribution is 5.47. The number of hydrogen-bond acceptors (Lipinski definition) is 2. The van der Waals surface area contributed by atoms with Crippen molar-refractivity contribution in [2.75, 3.05) is 6.61 Å². The molecule has 0 heterocycles. The fourth-order valence-corrected chi connectivity index (χ4v) is 2.87. The average molecular weight is 416 g/mol. The second-order valence-electron chi connectivity index (χ2n) is 6.66. The Kier molecular flexibility index (Phi) is 6.90. The molecule has 0 aliphatic heterocycles. The molecule has 0 radical (unpaired) electrons. The average Bonchev–Trinajstić information content (AvgIpc) is 2.73. The first-order valence-electron chi connectivity index (χ1n) is 9.25. The van der Waals surface area contributed by atoms with Crippen LogP contribution >= 0.6 is 0 Å². The van der Waals surface area contributed by atoms with E-state index in [1.165, 1.54) is 30.3 Å². The number of benzene rings is 3. The summed E-state index contributed by atoms with van der Waals surface area (Å²) >= 11 is 0. The van der Waals surface area contributed by atoms with Crippen LogP contribution in [0.4, 0.5) is 17.6 Å². The Morgan fingerprint density at radius 2 is 1.63 bits per heavy atom. The first-order valence-corrected chi connectivity index (χ1v) is 9.25. The normalized spacial score (nSPS) is 12.4. The molecule has 3 aromatic rings. The van der Waals surface area contributed by atoms with Gasteiger partial charge in [0.2, 0.25) is 0 Å². The highest BCUT2D eigenvalue weighted by atomic mass is 19.4. The highest BCUT2D eigenvalue weighted by Crippen LogP contribution is 2.35. The van der Waals surface area contributed by atoms with Crippen molar-refractivity contribution in [3.63, 3.8) is 0 Å². The molecule has 0 spiro atoms. The third kappa shape index (κ3) is 5.70. The Labute approximate surface area is 172 Å². The molecule has 6 heteroatoms.